The molecule has 0 unspecified atom stereocenters. The summed E-state index contributed by atoms with van der Waals surface area (Å²) in [5, 5.41) is 4.82. The molecule has 0 saturated heterocycles. The Balaban J connectivity index is 1.15. The molecule has 0 saturated carbocycles. The molecule has 0 bridgehead atoms. The molecule has 0 aliphatic carbocycles. The maximum absolute atomic E-state index is 5.16. The summed E-state index contributed by atoms with van der Waals surface area (Å²) in [5.41, 5.74) is 14.5. The number of imidazole rings is 3. The van der Waals surface area contributed by atoms with Gasteiger partial charge in [0, 0.05) is 39.6 Å². The standard InChI is InChI=1S/C48H33N7/c1-30-13-11-14-31(2)46(30)51-26-25-49-47(51)54-40-21-7-4-18-35(40)37-28-36-34-17-3-6-20-39(34)52(44(36)29-45(37)54)32-15-12-16-33(27-32)53-42-23-9-10-24-43(42)55-41-22-8-5-19-38(41)50-48(53)55/h3-29H,1-2H3. The molecular formula is C48H33N7. The number of hydrogen-bond acceptors (Lipinski definition) is 2. The van der Waals surface area contributed by atoms with Crippen LogP contribution in [0.2, 0.25) is 0 Å². The van der Waals surface area contributed by atoms with E-state index >= 15 is 0 Å². The number of rotatable bonds is 4. The third-order valence-electron chi connectivity index (χ3n) is 11.4. The Labute approximate surface area is 315 Å². The van der Waals surface area contributed by atoms with Gasteiger partial charge in [0.05, 0.1) is 55.5 Å². The van der Waals surface area contributed by atoms with Gasteiger partial charge in [0.25, 0.3) is 0 Å². The van der Waals surface area contributed by atoms with Gasteiger partial charge in [0.1, 0.15) is 0 Å². The van der Waals surface area contributed by atoms with E-state index in [4.69, 9.17) is 9.97 Å². The van der Waals surface area contributed by atoms with Gasteiger partial charge in [-0.15, -0.1) is 0 Å². The van der Waals surface area contributed by atoms with Crippen LogP contribution in [0.4, 0.5) is 0 Å². The zero-order valence-corrected chi connectivity index (χ0v) is 30.2. The van der Waals surface area contributed by atoms with E-state index in [-0.39, 0.29) is 0 Å². The van der Waals surface area contributed by atoms with Gasteiger partial charge in [0.2, 0.25) is 11.7 Å². The summed E-state index contributed by atoms with van der Waals surface area (Å²) < 4.78 is 11.5. The minimum atomic E-state index is 0.864. The van der Waals surface area contributed by atoms with Crippen molar-refractivity contribution in [3.05, 3.63) is 175 Å². The van der Waals surface area contributed by atoms with Crippen LogP contribution >= 0.6 is 0 Å². The predicted molar refractivity (Wildman–Crippen MR) is 225 cm³/mol. The SMILES string of the molecule is Cc1cccc(C)c1-n1ccnc1-n1c2ccccc2c2cc3c4ccccc4n(-c4cccc(-n5c6ccccc6n6c7ccccc7nc56)c4)c3cc21. The van der Waals surface area contributed by atoms with Crippen LogP contribution in [0.1, 0.15) is 11.1 Å². The smallest absolute Gasteiger partial charge is 0.220 e. The number of aryl methyl sites for hydroxylation is 2. The molecule has 0 aliphatic rings. The summed E-state index contributed by atoms with van der Waals surface area (Å²) in [5.74, 6) is 1.76. The van der Waals surface area contributed by atoms with Crippen LogP contribution in [0.3, 0.4) is 0 Å². The number of para-hydroxylation sites is 7. The van der Waals surface area contributed by atoms with Crippen LogP contribution < -0.4 is 0 Å². The average molecular weight is 708 g/mol. The van der Waals surface area contributed by atoms with Crippen LogP contribution in [-0.2, 0) is 0 Å². The predicted octanol–water partition coefficient (Wildman–Crippen LogP) is 11.4. The van der Waals surface area contributed by atoms with E-state index < -0.39 is 0 Å². The third kappa shape index (κ3) is 4.09. The summed E-state index contributed by atoms with van der Waals surface area (Å²) in [6, 6.07) is 54.5. The van der Waals surface area contributed by atoms with E-state index in [2.05, 4.69) is 194 Å². The third-order valence-corrected chi connectivity index (χ3v) is 11.4. The summed E-state index contributed by atoms with van der Waals surface area (Å²) in [6.07, 6.45) is 3.99. The minimum absolute atomic E-state index is 0.864. The van der Waals surface area contributed by atoms with Gasteiger partial charge < -0.3 is 4.57 Å². The van der Waals surface area contributed by atoms with Gasteiger partial charge in [-0.1, -0.05) is 84.9 Å². The molecule has 55 heavy (non-hydrogen) atoms. The number of benzene rings is 7. The van der Waals surface area contributed by atoms with Crippen molar-refractivity contribution in [1.82, 2.24) is 32.6 Å². The number of aromatic nitrogens is 7. The first kappa shape index (κ1) is 30.1. The lowest BCUT2D eigenvalue weighted by Crippen LogP contribution is -2.07. The summed E-state index contributed by atoms with van der Waals surface area (Å²) in [4.78, 5) is 10.2. The maximum Gasteiger partial charge on any atom is 0.220 e. The van der Waals surface area contributed by atoms with E-state index in [1.54, 1.807) is 0 Å². The van der Waals surface area contributed by atoms with Gasteiger partial charge in [-0.05, 0) is 91.7 Å². The second kappa shape index (κ2) is 11.1. The number of nitrogens with zero attached hydrogens (tertiary/aromatic N) is 7. The highest BCUT2D eigenvalue weighted by Gasteiger charge is 2.22. The van der Waals surface area contributed by atoms with Crippen molar-refractivity contribution < 1.29 is 0 Å². The molecule has 12 rings (SSSR count). The van der Waals surface area contributed by atoms with Crippen molar-refractivity contribution in [3.63, 3.8) is 0 Å². The topological polar surface area (TPSA) is 49.9 Å². The van der Waals surface area contributed by atoms with E-state index in [9.17, 15) is 0 Å². The lowest BCUT2D eigenvalue weighted by atomic mass is 10.1. The minimum Gasteiger partial charge on any atom is -0.309 e. The summed E-state index contributed by atoms with van der Waals surface area (Å²) in [7, 11) is 0. The second-order valence-corrected chi connectivity index (χ2v) is 14.5. The lowest BCUT2D eigenvalue weighted by Gasteiger charge is -2.16. The van der Waals surface area contributed by atoms with Gasteiger partial charge in [-0.3, -0.25) is 18.1 Å². The summed E-state index contributed by atoms with van der Waals surface area (Å²) >= 11 is 0. The highest BCUT2D eigenvalue weighted by molar-refractivity contribution is 6.19. The molecule has 7 heteroatoms. The molecular weight excluding hydrogens is 675 g/mol. The first-order valence-corrected chi connectivity index (χ1v) is 18.7. The fourth-order valence-electron chi connectivity index (χ4n) is 9.12. The molecule has 0 spiro atoms. The van der Waals surface area contributed by atoms with E-state index in [0.717, 1.165) is 72.9 Å². The fraction of sp³-hybridized carbons (Fsp3) is 0.0417. The van der Waals surface area contributed by atoms with Gasteiger partial charge in [-0.25, -0.2) is 9.97 Å². The molecule has 0 atom stereocenters. The second-order valence-electron chi connectivity index (χ2n) is 14.5. The van der Waals surface area contributed by atoms with Crippen LogP contribution in [0.15, 0.2) is 164 Å². The molecule has 5 heterocycles. The molecule has 0 radical (unpaired) electrons. The number of hydrogen-bond donors (Lipinski definition) is 0. The molecule has 260 valence electrons. The van der Waals surface area contributed by atoms with Crippen LogP contribution in [0, 0.1) is 13.8 Å². The Hall–Kier alpha value is -7.38. The van der Waals surface area contributed by atoms with Gasteiger partial charge in [-0.2, -0.15) is 0 Å². The largest absolute Gasteiger partial charge is 0.309 e. The monoisotopic (exact) mass is 707 g/mol. The molecule has 5 aromatic heterocycles. The van der Waals surface area contributed by atoms with E-state index in [1.807, 2.05) is 6.20 Å². The Morgan fingerprint density at radius 1 is 0.436 bits per heavy atom. The van der Waals surface area contributed by atoms with Crippen molar-refractivity contribution in [2.24, 2.45) is 0 Å². The lowest BCUT2D eigenvalue weighted by molar-refractivity contribution is 0.924. The normalized spacial score (nSPS) is 12.2. The van der Waals surface area contributed by atoms with Crippen molar-refractivity contribution in [2.75, 3.05) is 0 Å². The van der Waals surface area contributed by atoms with Crippen LogP contribution in [-0.4, -0.2) is 32.6 Å². The van der Waals surface area contributed by atoms with Crippen LogP contribution in [0.25, 0.3) is 94.5 Å². The van der Waals surface area contributed by atoms with Crippen molar-refractivity contribution in [2.45, 2.75) is 13.8 Å². The zero-order chi connectivity index (χ0) is 36.4. The quantitative estimate of drug-likeness (QED) is 0.183. The van der Waals surface area contributed by atoms with Crippen molar-refractivity contribution >= 4 is 71.5 Å². The summed E-state index contributed by atoms with van der Waals surface area (Å²) in [6.45, 7) is 4.34. The average Bonchev–Trinajstić information content (AvgIpc) is 4.03. The molecule has 0 aliphatic heterocycles. The molecule has 0 amide bonds. The maximum atomic E-state index is 5.16. The van der Waals surface area contributed by atoms with Crippen molar-refractivity contribution in [1.29, 1.82) is 0 Å². The van der Waals surface area contributed by atoms with Gasteiger partial charge >= 0.3 is 0 Å². The van der Waals surface area contributed by atoms with Gasteiger partial charge in [0.15, 0.2) is 0 Å². The highest BCUT2D eigenvalue weighted by Crippen LogP contribution is 2.40. The first-order chi connectivity index (χ1) is 27.1. The highest BCUT2D eigenvalue weighted by atomic mass is 15.2. The Kier molecular flexibility index (Phi) is 6.06. The Morgan fingerprint density at radius 2 is 1.02 bits per heavy atom. The molecule has 0 N–H and O–H groups in total. The van der Waals surface area contributed by atoms with E-state index in [0.29, 0.717) is 0 Å². The molecule has 0 fully saturated rings. The van der Waals surface area contributed by atoms with Crippen LogP contribution in [0.5, 0.6) is 0 Å². The number of fused-ring (bicyclic) bond motifs is 11. The zero-order valence-electron chi connectivity index (χ0n) is 30.2. The molecule has 12 aromatic rings. The molecule has 7 nitrogen and oxygen atoms in total. The Morgan fingerprint density at radius 3 is 1.76 bits per heavy atom. The Bertz CT molecular complexity index is 3510. The molecule has 7 aromatic carbocycles. The first-order valence-electron chi connectivity index (χ1n) is 18.7. The fourth-order valence-corrected chi connectivity index (χ4v) is 9.12. The van der Waals surface area contributed by atoms with E-state index in [1.165, 1.54) is 32.7 Å². The van der Waals surface area contributed by atoms with Crippen molar-refractivity contribution in [3.8, 4) is 23.0 Å².